The fourth-order valence-electron chi connectivity index (χ4n) is 8.46. The molecule has 352 valence electrons. The van der Waals surface area contributed by atoms with Crippen LogP contribution in [0.2, 0.25) is 0 Å². The zero-order valence-electron chi connectivity index (χ0n) is 37.2. The van der Waals surface area contributed by atoms with Gasteiger partial charge in [0.25, 0.3) is 23.6 Å². The molecule has 19 heteroatoms. The van der Waals surface area contributed by atoms with Gasteiger partial charge in [0.2, 0.25) is 11.8 Å². The number of nitrogens with one attached hydrogen (secondary N) is 3. The van der Waals surface area contributed by atoms with Crippen LogP contribution in [0.4, 0.5) is 18.9 Å². The molecule has 1 atom stereocenters. The summed E-state index contributed by atoms with van der Waals surface area (Å²) in [4.78, 5) is 85.5. The van der Waals surface area contributed by atoms with Crippen molar-refractivity contribution in [3.05, 3.63) is 124 Å². The number of halogens is 3. The Labute approximate surface area is 389 Å². The predicted octanol–water partition coefficient (Wildman–Crippen LogP) is 4.98. The summed E-state index contributed by atoms with van der Waals surface area (Å²) in [6.45, 7) is 5.46. The lowest BCUT2D eigenvalue weighted by Gasteiger charge is -2.35. The molecule has 0 spiro atoms. The zero-order valence-corrected chi connectivity index (χ0v) is 37.2. The normalized spacial score (nSPS) is 16.6. The second-order valence-corrected chi connectivity index (χ2v) is 16.8. The minimum atomic E-state index is -4.63. The maximum Gasteiger partial charge on any atom is 0.416 e. The van der Waals surface area contributed by atoms with Gasteiger partial charge in [-0.15, -0.1) is 0 Å². The van der Waals surface area contributed by atoms with Crippen LogP contribution in [0.1, 0.15) is 97.5 Å². The Hall–Kier alpha value is -7.43. The summed E-state index contributed by atoms with van der Waals surface area (Å²) >= 11 is 0. The summed E-state index contributed by atoms with van der Waals surface area (Å²) in [6.07, 6.45) is 2.04. The number of alkyl halides is 3. The second kappa shape index (κ2) is 20.6. The molecular formula is C49H48F3N9O7. The van der Waals surface area contributed by atoms with Crippen LogP contribution >= 0.6 is 0 Å². The molecule has 2 aromatic heterocycles. The molecule has 3 N–H and O–H groups in total. The number of hydrogen-bond donors (Lipinski definition) is 3. The first kappa shape index (κ1) is 47.1. The zero-order chi connectivity index (χ0) is 48.0. The number of carbonyl (C=O) groups excluding carboxylic acids is 6. The number of nitrogens with zero attached hydrogens (tertiary/aromatic N) is 6. The highest BCUT2D eigenvalue weighted by Gasteiger charge is 2.46. The maximum atomic E-state index is 14.4. The smallest absolute Gasteiger partial charge is 0.416 e. The van der Waals surface area contributed by atoms with Crippen molar-refractivity contribution in [1.29, 1.82) is 0 Å². The minimum absolute atomic E-state index is 0.00262. The van der Waals surface area contributed by atoms with Crippen LogP contribution in [0.15, 0.2) is 79.1 Å². The number of benzene rings is 3. The van der Waals surface area contributed by atoms with Gasteiger partial charge in [0, 0.05) is 68.7 Å². The third-order valence-electron chi connectivity index (χ3n) is 12.1. The Kier molecular flexibility index (Phi) is 14.3. The number of amides is 6. The quantitative estimate of drug-likeness (QED) is 0.0730. The van der Waals surface area contributed by atoms with Gasteiger partial charge in [0.05, 0.1) is 22.9 Å². The van der Waals surface area contributed by atoms with E-state index in [1.807, 2.05) is 11.8 Å². The molecule has 68 heavy (non-hydrogen) atoms. The van der Waals surface area contributed by atoms with Crippen molar-refractivity contribution in [2.45, 2.75) is 64.2 Å². The number of ether oxygens (including phenoxy) is 1. The van der Waals surface area contributed by atoms with Gasteiger partial charge < -0.3 is 20.3 Å². The number of piperidine rings is 1. The Bertz CT molecular complexity index is 2840. The second-order valence-electron chi connectivity index (χ2n) is 16.8. The van der Waals surface area contributed by atoms with E-state index in [4.69, 9.17) is 4.74 Å². The first-order valence-electron chi connectivity index (χ1n) is 22.3. The number of anilines is 1. The number of unbranched alkanes of at least 4 members (excludes halogenated alkanes) is 3. The molecule has 5 heterocycles. The van der Waals surface area contributed by atoms with E-state index in [9.17, 15) is 41.9 Å². The lowest BCUT2D eigenvalue weighted by Crippen LogP contribution is -2.54. The third-order valence-corrected chi connectivity index (χ3v) is 12.1. The summed E-state index contributed by atoms with van der Waals surface area (Å²) in [5, 5.41) is 11.8. The van der Waals surface area contributed by atoms with Gasteiger partial charge in [-0.2, -0.15) is 18.3 Å². The maximum absolute atomic E-state index is 14.4. The van der Waals surface area contributed by atoms with E-state index in [0.29, 0.717) is 49.6 Å². The number of piperazine rings is 1. The van der Waals surface area contributed by atoms with Crippen molar-refractivity contribution in [3.63, 3.8) is 0 Å². The minimum Gasteiger partial charge on any atom is -0.483 e. The number of imide groups is 2. The molecule has 1 unspecified atom stereocenters. The highest BCUT2D eigenvalue weighted by Crippen LogP contribution is 2.36. The number of carbonyl (C=O) groups is 6. The number of fused-ring (bicyclic) bond motifs is 2. The van der Waals surface area contributed by atoms with E-state index < -0.39 is 53.2 Å². The molecule has 2 saturated heterocycles. The van der Waals surface area contributed by atoms with Crippen LogP contribution in [0.3, 0.4) is 0 Å². The molecule has 0 radical (unpaired) electrons. The van der Waals surface area contributed by atoms with Gasteiger partial charge >= 0.3 is 6.18 Å². The Morgan fingerprint density at radius 1 is 0.897 bits per heavy atom. The summed E-state index contributed by atoms with van der Waals surface area (Å²) in [5.41, 5.74) is 2.25. The van der Waals surface area contributed by atoms with Gasteiger partial charge in [-0.1, -0.05) is 37.0 Å². The first-order chi connectivity index (χ1) is 32.7. The van der Waals surface area contributed by atoms with Crippen molar-refractivity contribution in [1.82, 2.24) is 39.9 Å². The highest BCUT2D eigenvalue weighted by molar-refractivity contribution is 6.24. The first-order valence-corrected chi connectivity index (χ1v) is 22.3. The molecule has 2 fully saturated rings. The van der Waals surface area contributed by atoms with Gasteiger partial charge in [-0.25, -0.2) is 9.50 Å². The van der Waals surface area contributed by atoms with Crippen molar-refractivity contribution in [2.75, 3.05) is 51.2 Å². The largest absolute Gasteiger partial charge is 0.483 e. The van der Waals surface area contributed by atoms with E-state index >= 15 is 0 Å². The Morgan fingerprint density at radius 2 is 1.69 bits per heavy atom. The van der Waals surface area contributed by atoms with Gasteiger partial charge in [0.1, 0.15) is 17.5 Å². The summed E-state index contributed by atoms with van der Waals surface area (Å²) in [7, 11) is 0. The predicted molar refractivity (Wildman–Crippen MR) is 241 cm³/mol. The topological polar surface area (TPSA) is 188 Å². The number of imidazole rings is 1. The number of rotatable bonds is 15. The van der Waals surface area contributed by atoms with Crippen LogP contribution in [0, 0.1) is 18.8 Å². The monoisotopic (exact) mass is 931 g/mol. The summed E-state index contributed by atoms with van der Waals surface area (Å²) in [5.74, 6) is 2.60. The van der Waals surface area contributed by atoms with E-state index in [1.54, 1.807) is 47.2 Å². The molecule has 5 aromatic rings. The van der Waals surface area contributed by atoms with Crippen molar-refractivity contribution < 1.29 is 46.7 Å². The molecule has 0 aliphatic carbocycles. The number of aryl methyl sites for hydroxylation is 1. The van der Waals surface area contributed by atoms with Crippen molar-refractivity contribution in [3.8, 4) is 17.6 Å². The van der Waals surface area contributed by atoms with Crippen LogP contribution < -0.4 is 20.7 Å². The van der Waals surface area contributed by atoms with Crippen molar-refractivity contribution >= 4 is 46.8 Å². The molecule has 6 amide bonds. The Balaban J connectivity index is 0.737. The molecule has 8 rings (SSSR count). The van der Waals surface area contributed by atoms with E-state index in [1.165, 1.54) is 30.3 Å². The van der Waals surface area contributed by atoms with Gasteiger partial charge in [-0.05, 0) is 98.3 Å². The molecular weight excluding hydrogens is 884 g/mol. The van der Waals surface area contributed by atoms with Crippen molar-refractivity contribution in [2.24, 2.45) is 0 Å². The molecule has 0 saturated carbocycles. The fraction of sp³-hybridized carbons (Fsp3) is 0.347. The molecule has 3 aliphatic heterocycles. The van der Waals surface area contributed by atoms with E-state index in [-0.39, 0.29) is 59.7 Å². The molecule has 3 aromatic carbocycles. The lowest BCUT2D eigenvalue weighted by atomic mass is 10.0. The fourth-order valence-corrected chi connectivity index (χ4v) is 8.46. The molecule has 16 nitrogen and oxygen atoms in total. The molecule has 0 bridgehead atoms. The van der Waals surface area contributed by atoms with Crippen LogP contribution in [-0.2, 0) is 27.1 Å². The number of hydrogen-bond acceptors (Lipinski definition) is 11. The SMILES string of the molecule is Cc1ccc(C(=O)Nc2ccc(CN3CCN(CCCCCCNC(=O)COc4cccc5c4C(=O)N(C4CCC(=O)NC4=O)C5=O)CC3)c(C(F)(F)F)c2)cc1C#Cc1cnc2cccnn12. The summed E-state index contributed by atoms with van der Waals surface area (Å²) in [6, 6.07) is 15.8. The molecule has 3 aliphatic rings. The average Bonchev–Trinajstić information content (AvgIpc) is 3.85. The lowest BCUT2D eigenvalue weighted by molar-refractivity contribution is -0.138. The Morgan fingerprint density at radius 3 is 2.49 bits per heavy atom. The highest BCUT2D eigenvalue weighted by atomic mass is 19.4. The van der Waals surface area contributed by atoms with E-state index in [0.717, 1.165) is 48.8 Å². The van der Waals surface area contributed by atoms with Crippen LogP contribution in [-0.4, -0.2) is 117 Å². The average molecular weight is 932 g/mol. The number of aromatic nitrogens is 3. The van der Waals surface area contributed by atoms with Gasteiger partial charge in [0.15, 0.2) is 12.3 Å². The third kappa shape index (κ3) is 10.9. The van der Waals surface area contributed by atoms with E-state index in [2.05, 4.69) is 42.8 Å². The standard InChI is InChI=1S/C49H48F3N9O7/c1-31-11-12-33(26-32(31)14-16-36-28-54-41-10-7-20-55-61(36)41)45(64)56-35-15-13-34(38(27-35)49(50,51)52)29-59-24-22-58(23-25-59)21-5-3-2-4-19-53-43(63)30-68-40-9-6-8-37-44(40)48(67)60(47(37)66)39-17-18-42(62)57-46(39)65/h6-13,15,20,26-28,39H,2-5,17-19,21-25,29-30H2,1H3,(H,53,63)(H,56,64)(H,57,62,65). The summed E-state index contributed by atoms with van der Waals surface area (Å²) < 4.78 is 50.4. The van der Waals surface area contributed by atoms with Crippen LogP contribution in [0.25, 0.3) is 5.65 Å². The van der Waals surface area contributed by atoms with Crippen LogP contribution in [0.5, 0.6) is 5.75 Å². The van der Waals surface area contributed by atoms with Gasteiger partial charge in [-0.3, -0.25) is 43.9 Å².